The zero-order chi connectivity index (χ0) is 19.5. The van der Waals surface area contributed by atoms with Crippen LogP contribution in [0.25, 0.3) is 0 Å². The molecule has 3 heterocycles. The van der Waals surface area contributed by atoms with Gasteiger partial charge in [0.15, 0.2) is 17.3 Å². The summed E-state index contributed by atoms with van der Waals surface area (Å²) >= 11 is 0. The molecule has 1 N–H and O–H groups in total. The van der Waals surface area contributed by atoms with Crippen LogP contribution < -0.4 is 10.1 Å². The lowest BCUT2D eigenvalue weighted by Crippen LogP contribution is -2.42. The molecule has 9 heteroatoms. The molecule has 1 amide bonds. The largest absolute Gasteiger partial charge is 0.487 e. The van der Waals surface area contributed by atoms with Crippen molar-refractivity contribution in [1.82, 2.24) is 25.2 Å². The maximum Gasteiger partial charge on any atom is 0.276 e. The van der Waals surface area contributed by atoms with E-state index in [0.717, 1.165) is 32.0 Å². The summed E-state index contributed by atoms with van der Waals surface area (Å²) in [6.45, 7) is 2.87. The second kappa shape index (κ2) is 8.22. The summed E-state index contributed by atoms with van der Waals surface area (Å²) in [6.07, 6.45) is 4.61. The molecule has 2 aliphatic heterocycles. The smallest absolute Gasteiger partial charge is 0.276 e. The number of likely N-dealkylation sites (tertiary alicyclic amines) is 1. The van der Waals surface area contributed by atoms with E-state index in [2.05, 4.69) is 15.6 Å². The van der Waals surface area contributed by atoms with Crippen molar-refractivity contribution in [2.75, 3.05) is 26.2 Å². The van der Waals surface area contributed by atoms with Gasteiger partial charge >= 0.3 is 0 Å². The minimum Gasteiger partial charge on any atom is -0.487 e. The van der Waals surface area contributed by atoms with Crippen molar-refractivity contribution in [3.8, 4) is 5.75 Å². The molecule has 0 bridgehead atoms. The summed E-state index contributed by atoms with van der Waals surface area (Å²) in [5.41, 5.74) is 0.350. The van der Waals surface area contributed by atoms with Gasteiger partial charge in [-0.05, 0) is 38.1 Å². The van der Waals surface area contributed by atoms with Crippen LogP contribution in [0.3, 0.4) is 0 Å². The number of halogens is 2. The van der Waals surface area contributed by atoms with Crippen LogP contribution in [0.4, 0.5) is 8.78 Å². The number of nitrogens with one attached hydrogen (secondary N) is 1. The number of ether oxygens (including phenoxy) is 1. The summed E-state index contributed by atoms with van der Waals surface area (Å²) in [6, 6.07) is 3.55. The molecule has 2 aliphatic rings. The van der Waals surface area contributed by atoms with E-state index >= 15 is 0 Å². The number of piperidine rings is 2. The molecule has 28 heavy (non-hydrogen) atoms. The standard InChI is InChI=1S/C19H23F2N5O2/c20-13-1-2-18(16(21)11-13)28-15-5-9-25(10-6-15)19(27)17-12-26(24-23-17)14-3-7-22-8-4-14/h1-2,11-12,14-15,22H,3-10H2. The molecule has 0 radical (unpaired) electrons. The molecule has 2 saturated heterocycles. The zero-order valence-corrected chi connectivity index (χ0v) is 15.5. The Hall–Kier alpha value is -2.55. The third-order valence-corrected chi connectivity index (χ3v) is 5.33. The fourth-order valence-corrected chi connectivity index (χ4v) is 3.71. The molecule has 4 rings (SSSR count). The van der Waals surface area contributed by atoms with Gasteiger partial charge in [-0.15, -0.1) is 5.10 Å². The summed E-state index contributed by atoms with van der Waals surface area (Å²) in [4.78, 5) is 14.4. The molecule has 1 aromatic heterocycles. The third kappa shape index (κ3) is 4.14. The highest BCUT2D eigenvalue weighted by Gasteiger charge is 2.27. The lowest BCUT2D eigenvalue weighted by atomic mass is 10.1. The van der Waals surface area contributed by atoms with E-state index in [9.17, 15) is 13.6 Å². The Labute approximate surface area is 161 Å². The first-order chi connectivity index (χ1) is 13.6. The van der Waals surface area contributed by atoms with Crippen molar-refractivity contribution in [2.45, 2.75) is 37.8 Å². The minimum absolute atomic E-state index is 0.0380. The van der Waals surface area contributed by atoms with Crippen LogP contribution in [0.15, 0.2) is 24.4 Å². The maximum atomic E-state index is 13.7. The molecule has 150 valence electrons. The second-order valence-corrected chi connectivity index (χ2v) is 7.25. The molecular weight excluding hydrogens is 368 g/mol. The van der Waals surface area contributed by atoms with Crippen LogP contribution in [0, 0.1) is 11.6 Å². The monoisotopic (exact) mass is 391 g/mol. The lowest BCUT2D eigenvalue weighted by Gasteiger charge is -2.31. The molecule has 2 fully saturated rings. The Balaban J connectivity index is 1.32. The van der Waals surface area contributed by atoms with Crippen LogP contribution >= 0.6 is 0 Å². The predicted octanol–water partition coefficient (Wildman–Crippen LogP) is 2.16. The van der Waals surface area contributed by atoms with Crippen LogP contribution in [-0.2, 0) is 0 Å². The van der Waals surface area contributed by atoms with Gasteiger partial charge in [0.2, 0.25) is 0 Å². The van der Waals surface area contributed by atoms with Crippen molar-refractivity contribution in [1.29, 1.82) is 0 Å². The van der Waals surface area contributed by atoms with Gasteiger partial charge in [0, 0.05) is 32.0 Å². The van der Waals surface area contributed by atoms with Crippen molar-refractivity contribution in [3.05, 3.63) is 41.7 Å². The van der Waals surface area contributed by atoms with Crippen molar-refractivity contribution in [2.24, 2.45) is 0 Å². The van der Waals surface area contributed by atoms with Gasteiger partial charge in [-0.2, -0.15) is 0 Å². The third-order valence-electron chi connectivity index (χ3n) is 5.33. The van der Waals surface area contributed by atoms with Gasteiger partial charge in [0.25, 0.3) is 5.91 Å². The summed E-state index contributed by atoms with van der Waals surface area (Å²) in [5, 5.41) is 11.5. The first-order valence-corrected chi connectivity index (χ1v) is 9.63. The molecule has 0 saturated carbocycles. The SMILES string of the molecule is O=C(c1cn(C2CCNCC2)nn1)N1CCC(Oc2ccc(F)cc2F)CC1. The number of benzene rings is 1. The van der Waals surface area contributed by atoms with Gasteiger partial charge < -0.3 is 15.0 Å². The van der Waals surface area contributed by atoms with Crippen LogP contribution in [0.1, 0.15) is 42.2 Å². The Kier molecular flexibility index (Phi) is 5.52. The highest BCUT2D eigenvalue weighted by atomic mass is 19.1. The van der Waals surface area contributed by atoms with E-state index < -0.39 is 11.6 Å². The fraction of sp³-hybridized carbons (Fsp3) is 0.526. The summed E-state index contributed by atoms with van der Waals surface area (Å²) in [5.74, 6) is -1.46. The van der Waals surface area contributed by atoms with Gasteiger partial charge in [0.1, 0.15) is 11.9 Å². The number of nitrogens with zero attached hydrogens (tertiary/aromatic N) is 4. The Morgan fingerprint density at radius 3 is 2.61 bits per heavy atom. The Morgan fingerprint density at radius 2 is 1.89 bits per heavy atom. The minimum atomic E-state index is -0.715. The molecular formula is C19H23F2N5O2. The fourth-order valence-electron chi connectivity index (χ4n) is 3.71. The molecule has 0 atom stereocenters. The molecule has 7 nitrogen and oxygen atoms in total. The quantitative estimate of drug-likeness (QED) is 0.865. The number of carbonyl (C=O) groups is 1. The number of hydrogen-bond donors (Lipinski definition) is 1. The average molecular weight is 391 g/mol. The normalized spacial score (nSPS) is 19.0. The Bertz CT molecular complexity index is 829. The number of aromatic nitrogens is 3. The molecule has 0 aliphatic carbocycles. The first-order valence-electron chi connectivity index (χ1n) is 9.63. The first kappa shape index (κ1) is 18.8. The molecule has 0 spiro atoms. The summed E-state index contributed by atoms with van der Waals surface area (Å²) < 4.78 is 34.2. The average Bonchev–Trinajstić information content (AvgIpc) is 3.21. The van der Waals surface area contributed by atoms with E-state index in [4.69, 9.17) is 4.74 Å². The highest BCUT2D eigenvalue weighted by molar-refractivity contribution is 5.92. The maximum absolute atomic E-state index is 13.7. The number of carbonyl (C=O) groups excluding carboxylic acids is 1. The summed E-state index contributed by atoms with van der Waals surface area (Å²) in [7, 11) is 0. The number of amides is 1. The van der Waals surface area contributed by atoms with E-state index in [1.165, 1.54) is 12.1 Å². The highest BCUT2D eigenvalue weighted by Crippen LogP contribution is 2.24. The van der Waals surface area contributed by atoms with Crippen LogP contribution in [0.5, 0.6) is 5.75 Å². The van der Waals surface area contributed by atoms with E-state index in [1.54, 1.807) is 15.8 Å². The van der Waals surface area contributed by atoms with Crippen LogP contribution in [-0.4, -0.2) is 58.1 Å². The van der Waals surface area contributed by atoms with Crippen molar-refractivity contribution in [3.63, 3.8) is 0 Å². The van der Waals surface area contributed by atoms with Crippen molar-refractivity contribution < 1.29 is 18.3 Å². The van der Waals surface area contributed by atoms with E-state index in [0.29, 0.717) is 31.6 Å². The number of rotatable bonds is 4. The molecule has 1 aromatic carbocycles. The molecule has 0 unspecified atom stereocenters. The van der Waals surface area contributed by atoms with Gasteiger partial charge in [-0.1, -0.05) is 5.21 Å². The van der Waals surface area contributed by atoms with Crippen molar-refractivity contribution >= 4 is 5.91 Å². The lowest BCUT2D eigenvalue weighted by molar-refractivity contribution is 0.0582. The van der Waals surface area contributed by atoms with Gasteiger partial charge in [-0.25, -0.2) is 13.5 Å². The second-order valence-electron chi connectivity index (χ2n) is 7.25. The number of hydrogen-bond acceptors (Lipinski definition) is 5. The predicted molar refractivity (Wildman–Crippen MR) is 97.1 cm³/mol. The van der Waals surface area contributed by atoms with Gasteiger partial charge in [-0.3, -0.25) is 4.79 Å². The van der Waals surface area contributed by atoms with Crippen LogP contribution in [0.2, 0.25) is 0 Å². The topological polar surface area (TPSA) is 72.3 Å². The van der Waals surface area contributed by atoms with Gasteiger partial charge in [0.05, 0.1) is 12.2 Å². The van der Waals surface area contributed by atoms with E-state index in [-0.39, 0.29) is 23.8 Å². The molecule has 2 aromatic rings. The Morgan fingerprint density at radius 1 is 1.14 bits per heavy atom. The zero-order valence-electron chi connectivity index (χ0n) is 15.5. The van der Waals surface area contributed by atoms with E-state index in [1.807, 2.05) is 0 Å².